The molecule has 0 amide bonds. The van der Waals surface area contributed by atoms with Crippen LogP contribution < -0.4 is 0 Å². The van der Waals surface area contributed by atoms with E-state index in [-0.39, 0.29) is 6.42 Å². The molecule has 0 unspecified atom stereocenters. The van der Waals surface area contributed by atoms with Crippen LogP contribution in [0.4, 0.5) is 0 Å². The van der Waals surface area contributed by atoms with Crippen LogP contribution in [0.5, 0.6) is 0 Å². The Balaban J connectivity index is 2.18. The van der Waals surface area contributed by atoms with Gasteiger partial charge in [-0.3, -0.25) is 9.59 Å². The summed E-state index contributed by atoms with van der Waals surface area (Å²) in [5.41, 5.74) is 0.871. The van der Waals surface area contributed by atoms with Gasteiger partial charge in [-0.05, 0) is 18.1 Å². The summed E-state index contributed by atoms with van der Waals surface area (Å²) in [6, 6.07) is 7.43. The molecule has 1 heterocycles. The third-order valence-electron chi connectivity index (χ3n) is 2.64. The first kappa shape index (κ1) is 13.1. The van der Waals surface area contributed by atoms with Crippen molar-refractivity contribution < 1.29 is 19.1 Å². The van der Waals surface area contributed by atoms with Crippen LogP contribution in [-0.4, -0.2) is 17.7 Å². The number of carbonyl (C=O) groups is 2. The minimum atomic E-state index is -1.17. The first-order valence-electron chi connectivity index (χ1n) is 5.58. The Morgan fingerprint density at radius 2 is 1.72 bits per heavy atom. The van der Waals surface area contributed by atoms with E-state index >= 15 is 0 Å². The van der Waals surface area contributed by atoms with Crippen LogP contribution in [0.3, 0.4) is 0 Å². The number of carbonyl (C=O) groups excluding carboxylic acids is 2. The third-order valence-corrected chi connectivity index (χ3v) is 3.42. The molecule has 0 spiro atoms. The first-order valence-corrected chi connectivity index (χ1v) is 6.37. The molecule has 5 heteroatoms. The second-order valence-electron chi connectivity index (χ2n) is 4.59. The monoisotopic (exact) mass is 312 g/mol. The second kappa shape index (κ2) is 4.72. The molecule has 0 bridgehead atoms. The van der Waals surface area contributed by atoms with Crippen molar-refractivity contribution in [2.75, 3.05) is 0 Å². The highest BCUT2D eigenvalue weighted by Crippen LogP contribution is 2.27. The fourth-order valence-corrected chi connectivity index (χ4v) is 2.24. The Morgan fingerprint density at radius 3 is 2.28 bits per heavy atom. The van der Waals surface area contributed by atoms with Gasteiger partial charge < -0.3 is 9.47 Å². The van der Waals surface area contributed by atoms with Crippen LogP contribution in [0.15, 0.2) is 28.7 Å². The molecule has 0 aliphatic carbocycles. The van der Waals surface area contributed by atoms with Gasteiger partial charge in [0.05, 0.1) is 0 Å². The van der Waals surface area contributed by atoms with E-state index in [1.807, 2.05) is 24.3 Å². The number of rotatable bonds is 2. The van der Waals surface area contributed by atoms with Crippen LogP contribution in [0.2, 0.25) is 0 Å². The normalized spacial score (nSPS) is 19.3. The lowest BCUT2D eigenvalue weighted by atomic mass is 9.98. The van der Waals surface area contributed by atoms with Gasteiger partial charge in [-0.2, -0.15) is 0 Å². The molecule has 0 atom stereocenters. The lowest BCUT2D eigenvalue weighted by Gasteiger charge is -2.32. The van der Waals surface area contributed by atoms with E-state index in [2.05, 4.69) is 15.9 Å². The predicted octanol–water partition coefficient (Wildman–Crippen LogP) is 2.44. The molecule has 1 aliphatic heterocycles. The standard InChI is InChI=1S/C13H13BrO4/c1-13(2)17-11(15)9(12(16)18-13)7-8-5-3-4-6-10(8)14/h3-6,9H,7H2,1-2H3. The zero-order valence-corrected chi connectivity index (χ0v) is 11.7. The Hall–Kier alpha value is -1.36. The summed E-state index contributed by atoms with van der Waals surface area (Å²) in [4.78, 5) is 23.6. The Kier molecular flexibility index (Phi) is 3.43. The number of benzene rings is 1. The minimum Gasteiger partial charge on any atom is -0.422 e. The highest BCUT2D eigenvalue weighted by molar-refractivity contribution is 9.10. The molecule has 1 aromatic rings. The fourth-order valence-electron chi connectivity index (χ4n) is 1.79. The number of hydrogen-bond donors (Lipinski definition) is 0. The topological polar surface area (TPSA) is 52.6 Å². The molecular weight excluding hydrogens is 300 g/mol. The summed E-state index contributed by atoms with van der Waals surface area (Å²) in [6.07, 6.45) is 0.273. The zero-order chi connectivity index (χ0) is 13.3. The van der Waals surface area contributed by atoms with Crippen molar-refractivity contribution in [3.05, 3.63) is 34.3 Å². The van der Waals surface area contributed by atoms with E-state index < -0.39 is 23.6 Å². The minimum absolute atomic E-state index is 0.273. The smallest absolute Gasteiger partial charge is 0.323 e. The van der Waals surface area contributed by atoms with Gasteiger partial charge in [0.25, 0.3) is 5.79 Å². The molecule has 4 nitrogen and oxygen atoms in total. The van der Waals surface area contributed by atoms with Gasteiger partial charge in [-0.1, -0.05) is 34.1 Å². The van der Waals surface area contributed by atoms with Crippen molar-refractivity contribution in [3.63, 3.8) is 0 Å². The summed E-state index contributed by atoms with van der Waals surface area (Å²) in [5, 5.41) is 0. The molecule has 2 rings (SSSR count). The molecule has 0 aromatic heterocycles. The quantitative estimate of drug-likeness (QED) is 0.622. The van der Waals surface area contributed by atoms with Crippen molar-refractivity contribution in [2.24, 2.45) is 5.92 Å². The van der Waals surface area contributed by atoms with Crippen LogP contribution in [0.1, 0.15) is 19.4 Å². The largest absolute Gasteiger partial charge is 0.422 e. The van der Waals surface area contributed by atoms with Gasteiger partial charge in [-0.15, -0.1) is 0 Å². The number of hydrogen-bond acceptors (Lipinski definition) is 4. The van der Waals surface area contributed by atoms with Crippen LogP contribution in [-0.2, 0) is 25.5 Å². The van der Waals surface area contributed by atoms with Crippen molar-refractivity contribution in [2.45, 2.75) is 26.1 Å². The zero-order valence-electron chi connectivity index (χ0n) is 10.1. The van der Waals surface area contributed by atoms with E-state index in [1.165, 1.54) is 13.8 Å². The first-order chi connectivity index (χ1) is 8.39. The maximum absolute atomic E-state index is 11.8. The summed E-state index contributed by atoms with van der Waals surface area (Å²) in [5.74, 6) is -3.13. The van der Waals surface area contributed by atoms with E-state index in [4.69, 9.17) is 9.47 Å². The van der Waals surface area contributed by atoms with Crippen molar-refractivity contribution in [1.82, 2.24) is 0 Å². The van der Waals surface area contributed by atoms with Crippen molar-refractivity contribution >= 4 is 27.9 Å². The number of ether oxygens (including phenoxy) is 2. The van der Waals surface area contributed by atoms with E-state index in [0.717, 1.165) is 10.0 Å². The molecule has 96 valence electrons. The molecule has 1 aliphatic rings. The molecule has 0 saturated carbocycles. The Morgan fingerprint density at radius 1 is 1.17 bits per heavy atom. The highest BCUT2D eigenvalue weighted by Gasteiger charge is 2.43. The summed E-state index contributed by atoms with van der Waals surface area (Å²) in [6.45, 7) is 3.08. The number of cyclic esters (lactones) is 2. The van der Waals surface area contributed by atoms with Gasteiger partial charge in [0.15, 0.2) is 5.92 Å². The maximum Gasteiger partial charge on any atom is 0.323 e. The molecular formula is C13H13BrO4. The third kappa shape index (κ3) is 2.72. The molecule has 0 N–H and O–H groups in total. The van der Waals surface area contributed by atoms with Gasteiger partial charge in [0.1, 0.15) is 0 Å². The molecule has 0 radical (unpaired) electrons. The lowest BCUT2D eigenvalue weighted by molar-refractivity contribution is -0.239. The maximum atomic E-state index is 11.8. The highest BCUT2D eigenvalue weighted by atomic mass is 79.9. The van der Waals surface area contributed by atoms with Gasteiger partial charge in [0.2, 0.25) is 0 Å². The van der Waals surface area contributed by atoms with E-state index in [1.54, 1.807) is 0 Å². The number of halogens is 1. The lowest BCUT2D eigenvalue weighted by Crippen LogP contribution is -2.46. The van der Waals surface area contributed by atoms with E-state index in [9.17, 15) is 9.59 Å². The molecule has 18 heavy (non-hydrogen) atoms. The molecule has 1 fully saturated rings. The average molecular weight is 313 g/mol. The Labute approximate surface area is 113 Å². The summed E-state index contributed by atoms with van der Waals surface area (Å²) in [7, 11) is 0. The number of esters is 2. The van der Waals surface area contributed by atoms with E-state index in [0.29, 0.717) is 0 Å². The SMILES string of the molecule is CC1(C)OC(=O)C(Cc2ccccc2Br)C(=O)O1. The van der Waals surface area contributed by atoms with Crippen LogP contribution in [0.25, 0.3) is 0 Å². The molecule has 1 aromatic carbocycles. The van der Waals surface area contributed by atoms with Gasteiger partial charge in [-0.25, -0.2) is 0 Å². The predicted molar refractivity (Wildman–Crippen MR) is 67.6 cm³/mol. The van der Waals surface area contributed by atoms with Crippen molar-refractivity contribution in [1.29, 1.82) is 0 Å². The van der Waals surface area contributed by atoms with Crippen LogP contribution >= 0.6 is 15.9 Å². The van der Waals surface area contributed by atoms with Crippen molar-refractivity contribution in [3.8, 4) is 0 Å². The Bertz CT molecular complexity index is 476. The summed E-state index contributed by atoms with van der Waals surface area (Å²) < 4.78 is 11.0. The molecule has 1 saturated heterocycles. The second-order valence-corrected chi connectivity index (χ2v) is 5.44. The van der Waals surface area contributed by atoms with Gasteiger partial charge in [0, 0.05) is 18.3 Å². The fraction of sp³-hybridized carbons (Fsp3) is 0.385. The summed E-state index contributed by atoms with van der Waals surface area (Å²) >= 11 is 3.38. The van der Waals surface area contributed by atoms with Gasteiger partial charge >= 0.3 is 11.9 Å². The average Bonchev–Trinajstić information content (AvgIpc) is 2.24. The van der Waals surface area contributed by atoms with Crippen LogP contribution in [0, 0.1) is 5.92 Å².